The summed E-state index contributed by atoms with van der Waals surface area (Å²) in [4.78, 5) is 5.10. The number of H-pyrrole nitrogens is 1. The average Bonchev–Trinajstić information content (AvgIpc) is 3.23. The molecule has 108 valence electrons. The van der Waals surface area contributed by atoms with E-state index in [9.17, 15) is 0 Å². The van der Waals surface area contributed by atoms with Gasteiger partial charge in [0.2, 0.25) is 0 Å². The van der Waals surface area contributed by atoms with Crippen LogP contribution in [0.4, 0.5) is 0 Å². The van der Waals surface area contributed by atoms with E-state index in [2.05, 4.69) is 65.6 Å². The molecule has 0 radical (unpaired) electrons. The quantitative estimate of drug-likeness (QED) is 0.348. The number of aromatic nitrogens is 1. The van der Waals surface area contributed by atoms with Gasteiger partial charge in [0.15, 0.2) is 0 Å². The van der Waals surface area contributed by atoms with Crippen molar-refractivity contribution in [1.29, 1.82) is 0 Å². The zero-order valence-corrected chi connectivity index (χ0v) is 13.2. The summed E-state index contributed by atoms with van der Waals surface area (Å²) in [7, 11) is 0. The first-order chi connectivity index (χ1) is 11.4. The minimum Gasteiger partial charge on any atom is -0.353 e. The van der Waals surface area contributed by atoms with Gasteiger partial charge in [-0.15, -0.1) is 11.3 Å². The van der Waals surface area contributed by atoms with Gasteiger partial charge in [0.05, 0.1) is 10.2 Å². The normalized spacial score (nSPS) is 13.0. The summed E-state index contributed by atoms with van der Waals surface area (Å²) >= 11 is 1.94. The molecule has 0 fully saturated rings. The molecule has 0 spiro atoms. The molecule has 2 heterocycles. The predicted molar refractivity (Wildman–Crippen MR) is 99.4 cm³/mol. The summed E-state index contributed by atoms with van der Waals surface area (Å²) in [6.07, 6.45) is 1.07. The lowest BCUT2D eigenvalue weighted by Gasteiger charge is -1.99. The van der Waals surface area contributed by atoms with Crippen LogP contribution in [0.2, 0.25) is 0 Å². The summed E-state index contributed by atoms with van der Waals surface area (Å²) in [6, 6.07) is 22.0. The second kappa shape index (κ2) is 4.03. The Morgan fingerprint density at radius 1 is 0.783 bits per heavy atom. The molecule has 1 aliphatic carbocycles. The van der Waals surface area contributed by atoms with Crippen molar-refractivity contribution in [2.24, 2.45) is 0 Å². The molecule has 0 atom stereocenters. The topological polar surface area (TPSA) is 15.8 Å². The van der Waals surface area contributed by atoms with Crippen molar-refractivity contribution in [3.8, 4) is 10.4 Å². The Labute approximate surface area is 137 Å². The zero-order chi connectivity index (χ0) is 15.0. The second-order valence-electron chi connectivity index (χ2n) is 6.28. The monoisotopic (exact) mass is 311 g/mol. The van der Waals surface area contributed by atoms with Crippen molar-refractivity contribution >= 4 is 43.2 Å². The third-order valence-corrected chi connectivity index (χ3v) is 6.37. The van der Waals surface area contributed by atoms with Crippen LogP contribution in [0.1, 0.15) is 11.1 Å². The molecule has 0 saturated carbocycles. The van der Waals surface area contributed by atoms with E-state index in [4.69, 9.17) is 0 Å². The first-order valence-corrected chi connectivity index (χ1v) is 8.75. The molecule has 3 aromatic carbocycles. The number of hydrogen-bond acceptors (Lipinski definition) is 1. The molecule has 0 aliphatic heterocycles. The average molecular weight is 311 g/mol. The van der Waals surface area contributed by atoms with Gasteiger partial charge in [0, 0.05) is 27.6 Å². The number of rotatable bonds is 0. The molecule has 0 amide bonds. The smallest absolute Gasteiger partial charge is 0.0646 e. The second-order valence-corrected chi connectivity index (χ2v) is 7.30. The van der Waals surface area contributed by atoms with Crippen LogP contribution in [0, 0.1) is 0 Å². The maximum absolute atomic E-state index is 3.64. The third-order valence-electron chi connectivity index (χ3n) is 5.07. The number of thiophene rings is 1. The maximum atomic E-state index is 3.64. The van der Waals surface area contributed by atoms with Crippen LogP contribution in [0.15, 0.2) is 60.7 Å². The van der Waals surface area contributed by atoms with E-state index in [0.29, 0.717) is 0 Å². The highest BCUT2D eigenvalue weighted by Crippen LogP contribution is 2.48. The predicted octanol–water partition coefficient (Wildman–Crippen LogP) is 6.11. The number of hydrogen-bond donors (Lipinski definition) is 1. The lowest BCUT2D eigenvalue weighted by molar-refractivity contribution is 1.29. The van der Waals surface area contributed by atoms with Crippen molar-refractivity contribution in [1.82, 2.24) is 4.98 Å². The van der Waals surface area contributed by atoms with E-state index in [1.54, 1.807) is 0 Å². The molecule has 6 rings (SSSR count). The van der Waals surface area contributed by atoms with Crippen molar-refractivity contribution in [2.45, 2.75) is 6.42 Å². The Bertz CT molecular complexity index is 1240. The van der Waals surface area contributed by atoms with Gasteiger partial charge in [-0.3, -0.25) is 0 Å². The van der Waals surface area contributed by atoms with Gasteiger partial charge in [0.1, 0.15) is 0 Å². The van der Waals surface area contributed by atoms with Gasteiger partial charge in [-0.25, -0.2) is 0 Å². The van der Waals surface area contributed by atoms with Crippen LogP contribution in [-0.4, -0.2) is 4.98 Å². The lowest BCUT2D eigenvalue weighted by atomic mass is 10.1. The van der Waals surface area contributed by atoms with Gasteiger partial charge in [0.25, 0.3) is 0 Å². The molecule has 0 saturated heterocycles. The SMILES string of the molecule is c1ccc2c(c1)Cc1c-2sc2c1ccc1c3ccccc3[nH]c12. The molecule has 1 nitrogen and oxygen atoms in total. The van der Waals surface area contributed by atoms with Gasteiger partial charge in [-0.2, -0.15) is 0 Å². The number of nitrogens with one attached hydrogen (secondary N) is 1. The molecular formula is C21H13NS. The largest absolute Gasteiger partial charge is 0.353 e. The van der Waals surface area contributed by atoms with Crippen LogP contribution < -0.4 is 0 Å². The lowest BCUT2D eigenvalue weighted by Crippen LogP contribution is -1.80. The number of benzene rings is 3. The van der Waals surface area contributed by atoms with Gasteiger partial charge < -0.3 is 4.98 Å². The molecule has 1 aliphatic rings. The van der Waals surface area contributed by atoms with E-state index >= 15 is 0 Å². The minimum absolute atomic E-state index is 1.07. The molecular weight excluding hydrogens is 298 g/mol. The third kappa shape index (κ3) is 1.42. The summed E-state index contributed by atoms with van der Waals surface area (Å²) in [5.74, 6) is 0. The van der Waals surface area contributed by atoms with Crippen LogP contribution in [0.3, 0.4) is 0 Å². The number of aromatic amines is 1. The number of fused-ring (bicyclic) bond motifs is 9. The summed E-state index contributed by atoms with van der Waals surface area (Å²) < 4.78 is 1.40. The summed E-state index contributed by atoms with van der Waals surface area (Å²) in [5, 5.41) is 4.07. The summed E-state index contributed by atoms with van der Waals surface area (Å²) in [6.45, 7) is 0. The standard InChI is InChI=1S/C21H13NS/c1-2-6-13-12(5-1)11-17-16-10-9-15-14-7-3-4-8-18(14)22-19(15)21(16)23-20(13)17/h1-10,22H,11H2. The Morgan fingerprint density at radius 3 is 2.61 bits per heavy atom. The Balaban J connectivity index is 1.78. The zero-order valence-electron chi connectivity index (χ0n) is 12.4. The van der Waals surface area contributed by atoms with Crippen LogP contribution in [-0.2, 0) is 6.42 Å². The Morgan fingerprint density at radius 2 is 1.61 bits per heavy atom. The fraction of sp³-hybridized carbons (Fsp3) is 0.0476. The van der Waals surface area contributed by atoms with E-state index in [1.165, 1.54) is 53.5 Å². The molecule has 23 heavy (non-hydrogen) atoms. The van der Waals surface area contributed by atoms with E-state index in [1.807, 2.05) is 11.3 Å². The first-order valence-electron chi connectivity index (χ1n) is 7.93. The highest BCUT2D eigenvalue weighted by atomic mass is 32.1. The molecule has 2 aromatic heterocycles. The molecule has 2 heteroatoms. The Kier molecular flexibility index (Phi) is 2.09. The highest BCUT2D eigenvalue weighted by Gasteiger charge is 2.24. The number of para-hydroxylation sites is 1. The Hall–Kier alpha value is -2.58. The van der Waals surface area contributed by atoms with Crippen molar-refractivity contribution in [2.75, 3.05) is 0 Å². The minimum atomic E-state index is 1.07. The van der Waals surface area contributed by atoms with Crippen molar-refractivity contribution < 1.29 is 0 Å². The van der Waals surface area contributed by atoms with E-state index in [0.717, 1.165) is 6.42 Å². The van der Waals surface area contributed by atoms with Gasteiger partial charge in [-0.1, -0.05) is 54.6 Å². The van der Waals surface area contributed by atoms with E-state index < -0.39 is 0 Å². The summed E-state index contributed by atoms with van der Waals surface area (Å²) in [5.41, 5.74) is 6.91. The maximum Gasteiger partial charge on any atom is 0.0646 e. The highest BCUT2D eigenvalue weighted by molar-refractivity contribution is 7.23. The van der Waals surface area contributed by atoms with Crippen molar-refractivity contribution in [3.05, 3.63) is 71.8 Å². The molecule has 1 N–H and O–H groups in total. The fourth-order valence-electron chi connectivity index (χ4n) is 4.00. The van der Waals surface area contributed by atoms with Crippen LogP contribution in [0.25, 0.3) is 42.3 Å². The molecule has 0 bridgehead atoms. The van der Waals surface area contributed by atoms with Crippen LogP contribution >= 0.6 is 11.3 Å². The van der Waals surface area contributed by atoms with Crippen molar-refractivity contribution in [3.63, 3.8) is 0 Å². The van der Waals surface area contributed by atoms with Gasteiger partial charge >= 0.3 is 0 Å². The van der Waals surface area contributed by atoms with Crippen LogP contribution in [0.5, 0.6) is 0 Å². The first kappa shape index (κ1) is 11.9. The molecule has 0 unspecified atom stereocenters. The van der Waals surface area contributed by atoms with Gasteiger partial charge in [-0.05, 0) is 28.1 Å². The van der Waals surface area contributed by atoms with E-state index in [-0.39, 0.29) is 0 Å². The molecule has 5 aromatic rings. The fourth-order valence-corrected chi connectivity index (χ4v) is 5.38.